The van der Waals surface area contributed by atoms with Crippen molar-refractivity contribution >= 4 is 29.9 Å². The SMILES string of the molecule is Cc1ccc(S(=O)O)cc1.[LiH]. The van der Waals surface area contributed by atoms with Crippen LogP contribution in [-0.4, -0.2) is 27.6 Å². The summed E-state index contributed by atoms with van der Waals surface area (Å²) >= 11 is -1.84. The van der Waals surface area contributed by atoms with Gasteiger partial charge in [0, 0.05) is 0 Å². The Balaban J connectivity index is 0.000001000. The summed E-state index contributed by atoms with van der Waals surface area (Å²) in [6, 6.07) is 6.91. The first-order valence-corrected chi connectivity index (χ1v) is 3.98. The number of rotatable bonds is 1. The van der Waals surface area contributed by atoms with Crippen LogP contribution in [0.4, 0.5) is 0 Å². The Morgan fingerprint density at radius 1 is 1.27 bits per heavy atom. The van der Waals surface area contributed by atoms with E-state index >= 15 is 0 Å². The van der Waals surface area contributed by atoms with E-state index in [1.807, 2.05) is 19.1 Å². The standard InChI is InChI=1S/C7H8O2S.Li.H/c1-6-2-4-7(5-3-6)10(8)9;;/h2-5H,1H3,(H,8,9);;. The molecule has 1 aromatic carbocycles. The number of hydrogen-bond acceptors (Lipinski definition) is 1. The van der Waals surface area contributed by atoms with Crippen LogP contribution in [0.1, 0.15) is 5.56 Å². The minimum absolute atomic E-state index is 0. The van der Waals surface area contributed by atoms with Gasteiger partial charge in [-0.1, -0.05) is 17.7 Å². The third-order valence-electron chi connectivity index (χ3n) is 1.22. The monoisotopic (exact) mass is 164 g/mol. The van der Waals surface area contributed by atoms with Crippen molar-refractivity contribution in [2.75, 3.05) is 0 Å². The van der Waals surface area contributed by atoms with Gasteiger partial charge in [-0.2, -0.15) is 0 Å². The fourth-order valence-electron chi connectivity index (χ4n) is 0.655. The molecule has 0 fully saturated rings. The van der Waals surface area contributed by atoms with Gasteiger partial charge in [-0.15, -0.1) is 0 Å². The van der Waals surface area contributed by atoms with E-state index in [1.54, 1.807) is 12.1 Å². The zero-order valence-electron chi connectivity index (χ0n) is 5.57. The van der Waals surface area contributed by atoms with Crippen molar-refractivity contribution in [1.29, 1.82) is 0 Å². The van der Waals surface area contributed by atoms with Crippen LogP contribution in [0.5, 0.6) is 0 Å². The van der Waals surface area contributed by atoms with Crippen molar-refractivity contribution in [3.05, 3.63) is 29.8 Å². The summed E-state index contributed by atoms with van der Waals surface area (Å²) < 4.78 is 19.0. The molecule has 0 aromatic heterocycles. The molecule has 56 valence electrons. The third-order valence-corrected chi connectivity index (χ3v) is 1.90. The van der Waals surface area contributed by atoms with Crippen molar-refractivity contribution < 1.29 is 8.76 Å². The molecule has 0 amide bonds. The topological polar surface area (TPSA) is 37.3 Å². The van der Waals surface area contributed by atoms with Crippen molar-refractivity contribution in [3.63, 3.8) is 0 Å². The van der Waals surface area contributed by atoms with Crippen LogP contribution in [0.2, 0.25) is 0 Å². The summed E-state index contributed by atoms with van der Waals surface area (Å²) in [5.74, 6) is 0. The van der Waals surface area contributed by atoms with Crippen LogP contribution < -0.4 is 0 Å². The van der Waals surface area contributed by atoms with Crippen LogP contribution >= 0.6 is 0 Å². The van der Waals surface area contributed by atoms with Gasteiger partial charge in [0.2, 0.25) is 0 Å². The Morgan fingerprint density at radius 3 is 2.09 bits per heavy atom. The molecule has 0 radical (unpaired) electrons. The molecule has 1 aromatic rings. The molecule has 0 aliphatic carbocycles. The van der Waals surface area contributed by atoms with Gasteiger partial charge in [-0.05, 0) is 19.1 Å². The molecule has 0 aliphatic heterocycles. The average molecular weight is 164 g/mol. The molecule has 0 spiro atoms. The molecule has 1 unspecified atom stereocenters. The van der Waals surface area contributed by atoms with E-state index in [4.69, 9.17) is 4.55 Å². The minimum atomic E-state index is -1.84. The summed E-state index contributed by atoms with van der Waals surface area (Å²) in [6.45, 7) is 1.93. The second kappa shape index (κ2) is 4.73. The van der Waals surface area contributed by atoms with Crippen molar-refractivity contribution in [2.45, 2.75) is 11.8 Å². The van der Waals surface area contributed by atoms with E-state index < -0.39 is 11.1 Å². The predicted octanol–water partition coefficient (Wildman–Crippen LogP) is 0.927. The summed E-state index contributed by atoms with van der Waals surface area (Å²) in [5.41, 5.74) is 1.09. The fraction of sp³-hybridized carbons (Fsp3) is 0.143. The van der Waals surface area contributed by atoms with Crippen LogP contribution in [-0.2, 0) is 11.1 Å². The predicted molar refractivity (Wildman–Crippen MR) is 47.4 cm³/mol. The maximum atomic E-state index is 10.4. The van der Waals surface area contributed by atoms with E-state index in [-0.39, 0.29) is 18.9 Å². The summed E-state index contributed by atoms with van der Waals surface area (Å²) in [6.07, 6.45) is 0. The van der Waals surface area contributed by atoms with Crippen LogP contribution in [0.15, 0.2) is 29.2 Å². The van der Waals surface area contributed by atoms with Gasteiger partial charge in [-0.25, -0.2) is 4.21 Å². The van der Waals surface area contributed by atoms with Gasteiger partial charge < -0.3 is 4.55 Å². The molecule has 0 bridgehead atoms. The Morgan fingerprint density at radius 2 is 1.73 bits per heavy atom. The number of benzene rings is 1. The molecular weight excluding hydrogens is 155 g/mol. The molecule has 1 rings (SSSR count). The summed E-state index contributed by atoms with van der Waals surface area (Å²) in [4.78, 5) is 0.450. The van der Waals surface area contributed by atoms with E-state index in [0.29, 0.717) is 4.90 Å². The van der Waals surface area contributed by atoms with Gasteiger partial charge in [0.25, 0.3) is 0 Å². The fourth-order valence-corrected chi connectivity index (χ4v) is 1.02. The first kappa shape index (κ1) is 10.9. The molecule has 4 heteroatoms. The van der Waals surface area contributed by atoms with Crippen molar-refractivity contribution in [1.82, 2.24) is 0 Å². The van der Waals surface area contributed by atoms with Crippen LogP contribution in [0.3, 0.4) is 0 Å². The Hall–Kier alpha value is -0.0726. The maximum absolute atomic E-state index is 10.4. The van der Waals surface area contributed by atoms with E-state index in [1.165, 1.54) is 0 Å². The molecule has 1 N–H and O–H groups in total. The quantitative estimate of drug-likeness (QED) is 0.495. The van der Waals surface area contributed by atoms with E-state index in [2.05, 4.69) is 0 Å². The molecule has 0 saturated carbocycles. The van der Waals surface area contributed by atoms with Gasteiger partial charge >= 0.3 is 18.9 Å². The van der Waals surface area contributed by atoms with Gasteiger partial charge in [0.15, 0.2) is 11.1 Å². The van der Waals surface area contributed by atoms with Crippen LogP contribution in [0.25, 0.3) is 0 Å². The zero-order chi connectivity index (χ0) is 7.56. The molecule has 11 heavy (non-hydrogen) atoms. The second-order valence-electron chi connectivity index (χ2n) is 2.06. The number of aryl methyl sites for hydroxylation is 1. The van der Waals surface area contributed by atoms with Crippen LogP contribution in [0, 0.1) is 6.92 Å². The Bertz CT molecular complexity index is 245. The molecule has 1 atom stereocenters. The zero-order valence-corrected chi connectivity index (χ0v) is 6.39. The Kier molecular flexibility index (Phi) is 4.70. The normalized spacial score (nSPS) is 11.8. The first-order valence-electron chi connectivity index (χ1n) is 2.87. The van der Waals surface area contributed by atoms with Gasteiger partial charge in [0.05, 0.1) is 4.90 Å². The second-order valence-corrected chi connectivity index (χ2v) is 3.03. The summed E-state index contributed by atoms with van der Waals surface area (Å²) in [5, 5.41) is 0. The van der Waals surface area contributed by atoms with E-state index in [0.717, 1.165) is 5.56 Å². The average Bonchev–Trinajstić information content (AvgIpc) is 1.88. The third kappa shape index (κ3) is 3.22. The molecule has 0 heterocycles. The number of hydrogen-bond donors (Lipinski definition) is 1. The summed E-state index contributed by atoms with van der Waals surface area (Å²) in [7, 11) is 0. The molecule has 0 aliphatic rings. The van der Waals surface area contributed by atoms with Gasteiger partial charge in [0.1, 0.15) is 0 Å². The van der Waals surface area contributed by atoms with E-state index in [9.17, 15) is 4.21 Å². The first-order chi connectivity index (χ1) is 4.70. The van der Waals surface area contributed by atoms with Crippen molar-refractivity contribution in [3.8, 4) is 0 Å². The molecular formula is C7H9LiO2S. The van der Waals surface area contributed by atoms with Crippen molar-refractivity contribution in [2.24, 2.45) is 0 Å². The molecule has 0 saturated heterocycles. The Labute approximate surface area is 80.5 Å². The molecule has 2 nitrogen and oxygen atoms in total. The van der Waals surface area contributed by atoms with Gasteiger partial charge in [-0.3, -0.25) is 0 Å².